The van der Waals surface area contributed by atoms with Crippen LogP contribution in [0.5, 0.6) is 5.75 Å². The van der Waals surface area contributed by atoms with Gasteiger partial charge in [0.1, 0.15) is 17.2 Å². The number of rotatable bonds is 7. The number of urea groups is 1. The molecule has 0 bridgehead atoms. The molecule has 3 aliphatic rings. The number of likely N-dealkylation sites (tertiary alicyclic amines) is 1. The highest BCUT2D eigenvalue weighted by Crippen LogP contribution is 2.46. The fourth-order valence-corrected chi connectivity index (χ4v) is 5.02. The zero-order chi connectivity index (χ0) is 27.2. The van der Waals surface area contributed by atoms with Crippen molar-refractivity contribution in [1.29, 1.82) is 0 Å². The van der Waals surface area contributed by atoms with Gasteiger partial charge < -0.3 is 15.1 Å². The molecule has 1 aromatic carbocycles. The van der Waals surface area contributed by atoms with Crippen LogP contribution in [-0.2, 0) is 10.3 Å². The minimum atomic E-state index is -0.562. The van der Waals surface area contributed by atoms with Gasteiger partial charge in [-0.3, -0.25) is 15.1 Å². The molecule has 9 nitrogen and oxygen atoms in total. The number of nitrogens with zero attached hydrogens (tertiary/aromatic N) is 3. The third-order valence-electron chi connectivity index (χ3n) is 7.23. The molecule has 1 atom stereocenters. The van der Waals surface area contributed by atoms with Crippen LogP contribution in [0, 0.1) is 11.7 Å². The summed E-state index contributed by atoms with van der Waals surface area (Å²) in [6, 6.07) is 10.0. The number of benzene rings is 1. The minimum Gasteiger partial charge on any atom is -0.406 e. The van der Waals surface area contributed by atoms with Crippen molar-refractivity contribution in [2.45, 2.75) is 44.1 Å². The normalized spacial score (nSPS) is 19.4. The predicted molar refractivity (Wildman–Crippen MR) is 146 cm³/mol. The minimum absolute atomic E-state index is 0.0812. The number of hydrogen-bond donors (Lipinski definition) is 3. The highest BCUT2D eigenvalue weighted by molar-refractivity contribution is 6.30. The molecule has 0 spiro atoms. The third kappa shape index (κ3) is 6.29. The highest BCUT2D eigenvalue weighted by Gasteiger charge is 2.43. The van der Waals surface area contributed by atoms with E-state index in [9.17, 15) is 14.0 Å². The van der Waals surface area contributed by atoms with Gasteiger partial charge in [-0.25, -0.2) is 14.2 Å². The molecule has 4 heterocycles. The standard InChI is InChI=1S/C18H18FN3O2.C10H12ClN3O/c19-15-4-3-13(9-16(15)21-11-23)18(7-5-12-1-2-12)14-6-8-20-10-17(14)24-22-18;11-8-3-4-9(12-7-8)13-10(15)14-5-1-2-6-14/h3-4,6,8-12,22H,1-2,5,7H2,(H,21,23);3-4,7H,1-2,5-6H2,(H,12,13,15). The van der Waals surface area contributed by atoms with Crippen LogP contribution in [0.3, 0.4) is 0 Å². The molecule has 1 aliphatic carbocycles. The van der Waals surface area contributed by atoms with Crippen molar-refractivity contribution >= 4 is 35.5 Å². The summed E-state index contributed by atoms with van der Waals surface area (Å²) in [7, 11) is 0. The van der Waals surface area contributed by atoms with Gasteiger partial charge in [0.2, 0.25) is 6.41 Å². The Morgan fingerprint density at radius 1 is 1.21 bits per heavy atom. The van der Waals surface area contributed by atoms with E-state index in [1.54, 1.807) is 41.6 Å². The topological polar surface area (TPSA) is 108 Å². The Bertz CT molecular complexity index is 1320. The van der Waals surface area contributed by atoms with Crippen molar-refractivity contribution in [2.75, 3.05) is 23.7 Å². The van der Waals surface area contributed by atoms with E-state index in [2.05, 4.69) is 26.1 Å². The first kappa shape index (κ1) is 26.8. The molecule has 1 saturated carbocycles. The Hall–Kier alpha value is -3.76. The van der Waals surface area contributed by atoms with Crippen molar-refractivity contribution in [3.05, 3.63) is 77.0 Å². The second kappa shape index (κ2) is 12.0. The summed E-state index contributed by atoms with van der Waals surface area (Å²) in [6.07, 6.45) is 12.0. The first-order valence-corrected chi connectivity index (χ1v) is 13.4. The molecule has 3 N–H and O–H groups in total. The summed E-state index contributed by atoms with van der Waals surface area (Å²) < 4.78 is 13.9. The monoisotopic (exact) mass is 552 g/mol. The molecule has 3 aromatic rings. The van der Waals surface area contributed by atoms with Crippen molar-refractivity contribution in [3.63, 3.8) is 0 Å². The van der Waals surface area contributed by atoms with Gasteiger partial charge in [0.05, 0.1) is 16.9 Å². The maximum Gasteiger partial charge on any atom is 0.323 e. The second-order valence-corrected chi connectivity index (χ2v) is 10.3. The van der Waals surface area contributed by atoms with Gasteiger partial charge in [-0.05, 0) is 67.5 Å². The second-order valence-electron chi connectivity index (χ2n) is 9.91. The summed E-state index contributed by atoms with van der Waals surface area (Å²) >= 11 is 5.69. The quantitative estimate of drug-likeness (QED) is 0.335. The fourth-order valence-electron chi connectivity index (χ4n) is 4.91. The molecule has 1 unspecified atom stereocenters. The highest BCUT2D eigenvalue weighted by atomic mass is 35.5. The van der Waals surface area contributed by atoms with Crippen molar-refractivity contribution < 1.29 is 18.8 Å². The van der Waals surface area contributed by atoms with E-state index in [-0.39, 0.29) is 11.7 Å². The molecule has 204 valence electrons. The lowest BCUT2D eigenvalue weighted by atomic mass is 9.79. The average Bonchev–Trinajstić information content (AvgIpc) is 3.46. The van der Waals surface area contributed by atoms with Gasteiger partial charge in [-0.1, -0.05) is 30.5 Å². The summed E-state index contributed by atoms with van der Waals surface area (Å²) in [5.41, 5.74) is 4.60. The van der Waals surface area contributed by atoms with Gasteiger partial charge in [0.25, 0.3) is 0 Å². The van der Waals surface area contributed by atoms with E-state index >= 15 is 0 Å². The third-order valence-corrected chi connectivity index (χ3v) is 7.46. The molecule has 6 rings (SSSR count). The van der Waals surface area contributed by atoms with Crippen LogP contribution in [0.1, 0.15) is 49.7 Å². The number of fused-ring (bicyclic) bond motifs is 1. The lowest BCUT2D eigenvalue weighted by molar-refractivity contribution is -0.105. The molecule has 11 heteroatoms. The Balaban J connectivity index is 0.000000177. The van der Waals surface area contributed by atoms with E-state index in [1.807, 2.05) is 6.07 Å². The first-order valence-electron chi connectivity index (χ1n) is 13.0. The Labute approximate surface area is 231 Å². The fraction of sp³-hybridized carbons (Fsp3) is 0.357. The van der Waals surface area contributed by atoms with E-state index in [4.69, 9.17) is 16.4 Å². The molecule has 39 heavy (non-hydrogen) atoms. The molecule has 2 aliphatic heterocycles. The van der Waals surface area contributed by atoms with Gasteiger partial charge in [-0.15, -0.1) is 5.48 Å². The number of aromatic nitrogens is 2. The Kier molecular flexibility index (Phi) is 8.23. The molecular formula is C28H30ClFN6O3. The van der Waals surface area contributed by atoms with Crippen LogP contribution in [0.25, 0.3) is 0 Å². The zero-order valence-corrected chi connectivity index (χ0v) is 22.1. The van der Waals surface area contributed by atoms with Crippen LogP contribution < -0.4 is 21.0 Å². The summed E-state index contributed by atoms with van der Waals surface area (Å²) in [5, 5.41) is 5.71. The lowest BCUT2D eigenvalue weighted by Gasteiger charge is -2.29. The van der Waals surface area contributed by atoms with Crippen LogP contribution in [0.4, 0.5) is 20.7 Å². The van der Waals surface area contributed by atoms with E-state index in [0.717, 1.165) is 55.8 Å². The average molecular weight is 553 g/mol. The number of carbonyl (C=O) groups is 2. The van der Waals surface area contributed by atoms with E-state index < -0.39 is 11.4 Å². The smallest absolute Gasteiger partial charge is 0.323 e. The first-order chi connectivity index (χ1) is 19.0. The Morgan fingerprint density at radius 2 is 2.03 bits per heavy atom. The molecule has 2 fully saturated rings. The number of pyridine rings is 2. The predicted octanol–water partition coefficient (Wildman–Crippen LogP) is 5.48. The number of nitrogens with one attached hydrogen (secondary N) is 3. The molecular weight excluding hydrogens is 523 g/mol. The zero-order valence-electron chi connectivity index (χ0n) is 21.3. The molecule has 2 aromatic heterocycles. The van der Waals surface area contributed by atoms with Crippen molar-refractivity contribution in [3.8, 4) is 5.75 Å². The van der Waals surface area contributed by atoms with Crippen LogP contribution in [-0.4, -0.2) is 40.4 Å². The van der Waals surface area contributed by atoms with Crippen LogP contribution >= 0.6 is 11.6 Å². The van der Waals surface area contributed by atoms with Crippen molar-refractivity contribution in [1.82, 2.24) is 20.3 Å². The van der Waals surface area contributed by atoms with E-state index in [0.29, 0.717) is 23.0 Å². The molecule has 1 saturated heterocycles. The number of hydrogen-bond acceptors (Lipinski definition) is 6. The van der Waals surface area contributed by atoms with Crippen LogP contribution in [0.15, 0.2) is 55.0 Å². The number of anilines is 2. The van der Waals surface area contributed by atoms with Gasteiger partial charge in [0.15, 0.2) is 5.75 Å². The Morgan fingerprint density at radius 3 is 2.74 bits per heavy atom. The maximum absolute atomic E-state index is 13.9. The lowest BCUT2D eigenvalue weighted by Crippen LogP contribution is -2.40. The van der Waals surface area contributed by atoms with Gasteiger partial charge in [-0.2, -0.15) is 0 Å². The summed E-state index contributed by atoms with van der Waals surface area (Å²) in [6.45, 7) is 1.67. The summed E-state index contributed by atoms with van der Waals surface area (Å²) in [4.78, 5) is 37.9. The maximum atomic E-state index is 13.9. The number of halogens is 2. The summed E-state index contributed by atoms with van der Waals surface area (Å²) in [5.74, 6) is 1.51. The van der Waals surface area contributed by atoms with Crippen LogP contribution in [0.2, 0.25) is 5.02 Å². The molecule has 0 radical (unpaired) electrons. The number of amides is 3. The SMILES string of the molecule is O=C(Nc1ccc(Cl)cn1)N1CCCC1.O=CNc1cc(C2(CCC3CC3)NOc3cnccc32)ccc1F. The number of hydroxylamine groups is 1. The largest absolute Gasteiger partial charge is 0.406 e. The van der Waals surface area contributed by atoms with E-state index in [1.165, 1.54) is 25.1 Å². The molecule has 3 amide bonds. The number of carbonyl (C=O) groups excluding carboxylic acids is 2. The van der Waals surface area contributed by atoms with Gasteiger partial charge in [0, 0.05) is 31.0 Å². The van der Waals surface area contributed by atoms with Crippen molar-refractivity contribution in [2.24, 2.45) is 5.92 Å². The van der Waals surface area contributed by atoms with Gasteiger partial charge >= 0.3 is 6.03 Å².